The molecule has 19 heavy (non-hydrogen) atoms. The second kappa shape index (κ2) is 6.26. The van der Waals surface area contributed by atoms with Gasteiger partial charge in [-0.2, -0.15) is 0 Å². The molecule has 3 N–H and O–H groups in total. The summed E-state index contributed by atoms with van der Waals surface area (Å²) in [5, 5.41) is 14.7. The van der Waals surface area contributed by atoms with Crippen molar-refractivity contribution in [3.63, 3.8) is 0 Å². The number of carboxylic acid groups (broad SMARTS) is 1. The summed E-state index contributed by atoms with van der Waals surface area (Å²) in [7, 11) is 0. The molecule has 1 rings (SSSR count). The fourth-order valence-corrected chi connectivity index (χ4v) is 2.52. The molecule has 0 spiro atoms. The highest BCUT2D eigenvalue weighted by Crippen LogP contribution is 2.32. The van der Waals surface area contributed by atoms with Gasteiger partial charge in [0.05, 0.1) is 12.0 Å². The molecule has 1 aliphatic carbocycles. The molecule has 0 aromatic carbocycles. The largest absolute Gasteiger partial charge is 0.481 e. The SMILES string of the molecule is CC(C)(C)CCNC(=O)NC1(CC(=O)O)CCCC1. The first-order valence-corrected chi connectivity index (χ1v) is 7.00. The van der Waals surface area contributed by atoms with Gasteiger partial charge in [-0.1, -0.05) is 33.6 Å². The van der Waals surface area contributed by atoms with Crippen LogP contribution >= 0.6 is 0 Å². The molecular weight excluding hydrogens is 244 g/mol. The Morgan fingerprint density at radius 3 is 2.26 bits per heavy atom. The molecule has 110 valence electrons. The maximum atomic E-state index is 11.9. The van der Waals surface area contributed by atoms with E-state index in [9.17, 15) is 9.59 Å². The number of aliphatic carboxylic acids is 1. The Morgan fingerprint density at radius 2 is 1.79 bits per heavy atom. The first-order chi connectivity index (χ1) is 8.72. The van der Waals surface area contributed by atoms with Crippen LogP contribution in [0.2, 0.25) is 0 Å². The number of hydrogen-bond donors (Lipinski definition) is 3. The minimum absolute atomic E-state index is 0.0136. The maximum absolute atomic E-state index is 11.9. The first kappa shape index (κ1) is 15.8. The molecule has 2 amide bonds. The van der Waals surface area contributed by atoms with Gasteiger partial charge in [0.2, 0.25) is 0 Å². The average Bonchev–Trinajstić information content (AvgIpc) is 2.62. The van der Waals surface area contributed by atoms with Crippen molar-refractivity contribution in [2.75, 3.05) is 6.54 Å². The molecule has 1 aliphatic rings. The van der Waals surface area contributed by atoms with Crippen LogP contribution in [0.4, 0.5) is 4.79 Å². The first-order valence-electron chi connectivity index (χ1n) is 7.00. The Bertz CT molecular complexity index is 328. The molecule has 0 aromatic heterocycles. The second-order valence-electron chi connectivity index (χ2n) is 6.75. The van der Waals surface area contributed by atoms with Crippen LogP contribution in [0.5, 0.6) is 0 Å². The van der Waals surface area contributed by atoms with Crippen LogP contribution in [0.25, 0.3) is 0 Å². The second-order valence-corrected chi connectivity index (χ2v) is 6.75. The molecule has 0 saturated heterocycles. The highest BCUT2D eigenvalue weighted by atomic mass is 16.4. The Kier molecular flexibility index (Phi) is 5.20. The van der Waals surface area contributed by atoms with Gasteiger partial charge in [0, 0.05) is 6.54 Å². The summed E-state index contributed by atoms with van der Waals surface area (Å²) in [6.07, 6.45) is 4.38. The van der Waals surface area contributed by atoms with Crippen molar-refractivity contribution in [3.8, 4) is 0 Å². The van der Waals surface area contributed by atoms with Crippen molar-refractivity contribution < 1.29 is 14.7 Å². The lowest BCUT2D eigenvalue weighted by Gasteiger charge is -2.29. The van der Waals surface area contributed by atoms with Crippen molar-refractivity contribution in [1.82, 2.24) is 10.6 Å². The van der Waals surface area contributed by atoms with Crippen molar-refractivity contribution in [2.24, 2.45) is 5.41 Å². The number of carbonyl (C=O) groups excluding carboxylic acids is 1. The van der Waals surface area contributed by atoms with Gasteiger partial charge < -0.3 is 15.7 Å². The summed E-state index contributed by atoms with van der Waals surface area (Å²) in [5.41, 5.74) is -0.364. The molecule has 0 heterocycles. The number of urea groups is 1. The summed E-state index contributed by atoms with van der Waals surface area (Å²) in [6, 6.07) is -0.243. The Labute approximate surface area is 115 Å². The van der Waals surface area contributed by atoms with Gasteiger partial charge in [-0.15, -0.1) is 0 Å². The van der Waals surface area contributed by atoms with Gasteiger partial charge in [-0.25, -0.2) is 4.79 Å². The smallest absolute Gasteiger partial charge is 0.315 e. The molecule has 0 aromatic rings. The van der Waals surface area contributed by atoms with Gasteiger partial charge in [0.25, 0.3) is 0 Å². The number of rotatable bonds is 5. The minimum Gasteiger partial charge on any atom is -0.481 e. The predicted molar refractivity (Wildman–Crippen MR) is 74.1 cm³/mol. The normalized spacial score (nSPS) is 18.1. The molecule has 1 saturated carbocycles. The third kappa shape index (κ3) is 5.94. The Balaban J connectivity index is 2.42. The fraction of sp³-hybridized carbons (Fsp3) is 0.857. The van der Waals surface area contributed by atoms with E-state index in [-0.39, 0.29) is 17.9 Å². The van der Waals surface area contributed by atoms with Crippen LogP contribution in [0.1, 0.15) is 59.3 Å². The summed E-state index contributed by atoms with van der Waals surface area (Å²) < 4.78 is 0. The average molecular weight is 270 g/mol. The van der Waals surface area contributed by atoms with Gasteiger partial charge >= 0.3 is 12.0 Å². The quantitative estimate of drug-likeness (QED) is 0.718. The molecule has 5 heteroatoms. The fourth-order valence-electron chi connectivity index (χ4n) is 2.52. The molecule has 0 atom stereocenters. The van der Waals surface area contributed by atoms with Gasteiger partial charge in [0.15, 0.2) is 0 Å². The van der Waals surface area contributed by atoms with E-state index in [0.29, 0.717) is 6.54 Å². The van der Waals surface area contributed by atoms with Crippen LogP contribution in [0.3, 0.4) is 0 Å². The molecule has 0 radical (unpaired) electrons. The van der Waals surface area contributed by atoms with Gasteiger partial charge in [0.1, 0.15) is 0 Å². The van der Waals surface area contributed by atoms with E-state index in [1.807, 2.05) is 0 Å². The number of carbonyl (C=O) groups is 2. The Morgan fingerprint density at radius 1 is 1.21 bits per heavy atom. The van der Waals surface area contributed by atoms with E-state index < -0.39 is 11.5 Å². The van der Waals surface area contributed by atoms with Gasteiger partial charge in [-0.3, -0.25) is 4.79 Å². The maximum Gasteiger partial charge on any atom is 0.315 e. The lowest BCUT2D eigenvalue weighted by atomic mass is 9.92. The third-order valence-corrected chi connectivity index (χ3v) is 3.59. The highest BCUT2D eigenvalue weighted by molar-refractivity contribution is 5.76. The van der Waals surface area contributed by atoms with Crippen molar-refractivity contribution in [2.45, 2.75) is 64.8 Å². The van der Waals surface area contributed by atoms with E-state index in [0.717, 1.165) is 32.1 Å². The zero-order valence-electron chi connectivity index (χ0n) is 12.2. The molecule has 5 nitrogen and oxygen atoms in total. The predicted octanol–water partition coefficient (Wildman–Crippen LogP) is 2.51. The summed E-state index contributed by atoms with van der Waals surface area (Å²) in [5.74, 6) is -0.850. The minimum atomic E-state index is -0.850. The van der Waals surface area contributed by atoms with Crippen LogP contribution in [0.15, 0.2) is 0 Å². The third-order valence-electron chi connectivity index (χ3n) is 3.59. The lowest BCUT2D eigenvalue weighted by molar-refractivity contribution is -0.138. The van der Waals surface area contributed by atoms with Crippen LogP contribution in [-0.4, -0.2) is 29.2 Å². The summed E-state index contributed by atoms with van der Waals surface area (Å²) in [6.45, 7) is 6.97. The van der Waals surface area contributed by atoms with Crippen molar-refractivity contribution >= 4 is 12.0 Å². The van der Waals surface area contributed by atoms with E-state index in [1.165, 1.54) is 0 Å². The molecule has 0 unspecified atom stereocenters. The van der Waals surface area contributed by atoms with E-state index in [2.05, 4.69) is 31.4 Å². The molecule has 1 fully saturated rings. The molecular formula is C14H26N2O3. The lowest BCUT2D eigenvalue weighted by Crippen LogP contribution is -2.51. The monoisotopic (exact) mass is 270 g/mol. The van der Waals surface area contributed by atoms with Crippen molar-refractivity contribution in [3.05, 3.63) is 0 Å². The number of nitrogens with one attached hydrogen (secondary N) is 2. The molecule has 0 aliphatic heterocycles. The molecule has 0 bridgehead atoms. The number of hydrogen-bond acceptors (Lipinski definition) is 2. The van der Waals surface area contributed by atoms with Gasteiger partial charge in [-0.05, 0) is 24.7 Å². The van der Waals surface area contributed by atoms with Crippen LogP contribution in [0, 0.1) is 5.41 Å². The summed E-state index contributed by atoms with van der Waals surface area (Å²) in [4.78, 5) is 22.8. The Hall–Kier alpha value is -1.26. The van der Waals surface area contributed by atoms with Crippen molar-refractivity contribution in [1.29, 1.82) is 0 Å². The topological polar surface area (TPSA) is 78.4 Å². The zero-order valence-corrected chi connectivity index (χ0v) is 12.2. The van der Waals surface area contributed by atoms with E-state index in [1.54, 1.807) is 0 Å². The van der Waals surface area contributed by atoms with E-state index in [4.69, 9.17) is 5.11 Å². The zero-order chi connectivity index (χ0) is 14.5. The number of carboxylic acids is 1. The highest BCUT2D eigenvalue weighted by Gasteiger charge is 2.37. The van der Waals surface area contributed by atoms with Crippen LogP contribution in [-0.2, 0) is 4.79 Å². The van der Waals surface area contributed by atoms with Crippen LogP contribution < -0.4 is 10.6 Å². The standard InChI is InChI=1S/C14H26N2O3/c1-13(2,3)8-9-15-12(19)16-14(10-11(17)18)6-4-5-7-14/h4-10H2,1-3H3,(H,17,18)(H2,15,16,19). The van der Waals surface area contributed by atoms with E-state index >= 15 is 0 Å². The summed E-state index contributed by atoms with van der Waals surface area (Å²) >= 11 is 0. The number of amides is 2.